The van der Waals surface area contributed by atoms with Crippen LogP contribution >= 0.6 is 0 Å². The Morgan fingerprint density at radius 1 is 1.22 bits per heavy atom. The van der Waals surface area contributed by atoms with Crippen LogP contribution in [0.4, 0.5) is 23.0 Å². The van der Waals surface area contributed by atoms with Crippen molar-refractivity contribution in [3.05, 3.63) is 30.3 Å². The molecule has 0 saturated carbocycles. The van der Waals surface area contributed by atoms with Crippen molar-refractivity contribution >= 4 is 29.0 Å². The summed E-state index contributed by atoms with van der Waals surface area (Å²) in [5.74, 6) is -0.108. The summed E-state index contributed by atoms with van der Waals surface area (Å²) in [6.45, 7) is 1.86. The van der Waals surface area contributed by atoms with Crippen molar-refractivity contribution in [1.29, 1.82) is 0 Å². The number of nitrogens with zero attached hydrogens (tertiary/aromatic N) is 3. The number of hydrogen-bond donors (Lipinski definition) is 3. The van der Waals surface area contributed by atoms with Crippen molar-refractivity contribution < 1.29 is 14.6 Å². The van der Waals surface area contributed by atoms with Crippen LogP contribution in [0, 0.1) is 0 Å². The van der Waals surface area contributed by atoms with Crippen LogP contribution in [0.3, 0.4) is 0 Å². The maximum Gasteiger partial charge on any atom is 0.311 e. The number of pyridine rings is 1. The highest BCUT2D eigenvalue weighted by Crippen LogP contribution is 2.31. The van der Waals surface area contributed by atoms with Gasteiger partial charge in [-0.1, -0.05) is 6.92 Å². The number of carbonyl (C=O) groups excluding carboxylic acids is 1. The third kappa shape index (κ3) is 4.40. The summed E-state index contributed by atoms with van der Waals surface area (Å²) in [5, 5.41) is 17.2. The third-order valence-corrected chi connectivity index (χ3v) is 2.82. The zero-order chi connectivity index (χ0) is 16.8. The van der Waals surface area contributed by atoms with E-state index in [1.807, 2.05) is 6.92 Å². The number of nitrogens with two attached hydrogens (primary N) is 2. The van der Waals surface area contributed by atoms with Crippen molar-refractivity contribution in [1.82, 2.24) is 4.98 Å². The number of aromatic nitrogens is 1. The van der Waals surface area contributed by atoms with Gasteiger partial charge in [-0.2, -0.15) is 5.11 Å². The zero-order valence-electron chi connectivity index (χ0n) is 12.6. The van der Waals surface area contributed by atoms with Gasteiger partial charge < -0.3 is 21.3 Å². The lowest BCUT2D eigenvalue weighted by molar-refractivity contribution is -0.134. The highest BCUT2D eigenvalue weighted by Gasteiger charge is 2.12. The number of anilines is 2. The summed E-state index contributed by atoms with van der Waals surface area (Å²) in [7, 11) is 0. The van der Waals surface area contributed by atoms with E-state index < -0.39 is 5.97 Å². The predicted molar refractivity (Wildman–Crippen MR) is 85.9 cm³/mol. The van der Waals surface area contributed by atoms with Crippen LogP contribution in [0.1, 0.15) is 19.8 Å². The molecule has 0 amide bonds. The summed E-state index contributed by atoms with van der Waals surface area (Å²) in [4.78, 5) is 15.5. The van der Waals surface area contributed by atoms with E-state index in [1.165, 1.54) is 18.2 Å². The molecule has 0 spiro atoms. The standard InChI is InChI=1S/C15H17N5O3/c1-2-3-13(22)23-12-8-11(14(16)18-15(12)17)20-19-9-4-6-10(21)7-5-9/h4-8,21H,2-3H2,1H3,(H4,16,17,18)/b20-19+. The van der Waals surface area contributed by atoms with Gasteiger partial charge in [0.05, 0.1) is 5.69 Å². The average molecular weight is 315 g/mol. The molecule has 0 aliphatic heterocycles. The molecule has 0 aliphatic rings. The monoisotopic (exact) mass is 315 g/mol. The predicted octanol–water partition coefficient (Wildman–Crippen LogP) is 3.07. The van der Waals surface area contributed by atoms with E-state index in [-0.39, 0.29) is 35.2 Å². The van der Waals surface area contributed by atoms with E-state index >= 15 is 0 Å². The van der Waals surface area contributed by atoms with Gasteiger partial charge in [0.25, 0.3) is 0 Å². The molecule has 120 valence electrons. The number of nitrogen functional groups attached to an aromatic ring is 2. The van der Waals surface area contributed by atoms with Gasteiger partial charge in [-0.25, -0.2) is 4.98 Å². The van der Waals surface area contributed by atoms with Crippen LogP contribution < -0.4 is 16.2 Å². The third-order valence-electron chi connectivity index (χ3n) is 2.82. The molecule has 1 aromatic heterocycles. The number of benzene rings is 1. The van der Waals surface area contributed by atoms with Crippen LogP contribution in [0.15, 0.2) is 40.6 Å². The van der Waals surface area contributed by atoms with E-state index in [1.54, 1.807) is 12.1 Å². The van der Waals surface area contributed by atoms with Crippen molar-refractivity contribution in [2.75, 3.05) is 11.5 Å². The number of esters is 1. The number of phenols is 1. The Morgan fingerprint density at radius 3 is 2.57 bits per heavy atom. The first-order valence-corrected chi connectivity index (χ1v) is 6.97. The summed E-state index contributed by atoms with van der Waals surface area (Å²) < 4.78 is 5.13. The molecule has 0 atom stereocenters. The first kappa shape index (κ1) is 16.2. The Morgan fingerprint density at radius 2 is 1.91 bits per heavy atom. The molecule has 2 rings (SSSR count). The van der Waals surface area contributed by atoms with E-state index in [2.05, 4.69) is 15.2 Å². The highest BCUT2D eigenvalue weighted by atomic mass is 16.5. The largest absolute Gasteiger partial charge is 0.508 e. The van der Waals surface area contributed by atoms with Crippen LogP contribution in [0.5, 0.6) is 11.5 Å². The van der Waals surface area contributed by atoms with E-state index in [4.69, 9.17) is 16.2 Å². The summed E-state index contributed by atoms with van der Waals surface area (Å²) >= 11 is 0. The van der Waals surface area contributed by atoms with Crippen LogP contribution in [-0.4, -0.2) is 16.1 Å². The first-order valence-electron chi connectivity index (χ1n) is 6.97. The molecule has 0 aliphatic carbocycles. The minimum Gasteiger partial charge on any atom is -0.508 e. The molecule has 0 unspecified atom stereocenters. The molecule has 2 aromatic rings. The fraction of sp³-hybridized carbons (Fsp3) is 0.200. The molecule has 8 heteroatoms. The molecular weight excluding hydrogens is 298 g/mol. The number of ether oxygens (including phenoxy) is 1. The number of azo groups is 1. The van der Waals surface area contributed by atoms with Gasteiger partial charge in [0.1, 0.15) is 11.4 Å². The second-order valence-corrected chi connectivity index (χ2v) is 4.72. The first-order chi connectivity index (χ1) is 11.0. The molecule has 1 heterocycles. The van der Waals surface area contributed by atoms with Gasteiger partial charge in [0, 0.05) is 12.5 Å². The summed E-state index contributed by atoms with van der Waals surface area (Å²) in [6.07, 6.45) is 0.933. The minimum absolute atomic E-state index is 0.00976. The lowest BCUT2D eigenvalue weighted by Gasteiger charge is -2.08. The average Bonchev–Trinajstić information content (AvgIpc) is 2.50. The van der Waals surface area contributed by atoms with Gasteiger partial charge in [-0.05, 0) is 30.7 Å². The topological polar surface area (TPSA) is 136 Å². The molecular formula is C15H17N5O3. The maximum absolute atomic E-state index is 11.6. The number of rotatable bonds is 5. The van der Waals surface area contributed by atoms with Gasteiger partial charge >= 0.3 is 5.97 Å². The van der Waals surface area contributed by atoms with Gasteiger partial charge in [-0.15, -0.1) is 5.11 Å². The Labute approximate surface area is 132 Å². The van der Waals surface area contributed by atoms with Gasteiger partial charge in [0.2, 0.25) is 0 Å². The molecule has 8 nitrogen and oxygen atoms in total. The Balaban J connectivity index is 2.24. The quantitative estimate of drug-likeness (QED) is 0.573. The summed E-state index contributed by atoms with van der Waals surface area (Å²) in [6, 6.07) is 7.55. The van der Waals surface area contributed by atoms with E-state index in [0.29, 0.717) is 12.1 Å². The lowest BCUT2D eigenvalue weighted by Crippen LogP contribution is -2.09. The molecule has 5 N–H and O–H groups in total. The molecule has 0 saturated heterocycles. The molecule has 0 fully saturated rings. The van der Waals surface area contributed by atoms with Crippen molar-refractivity contribution in [2.24, 2.45) is 10.2 Å². The maximum atomic E-state index is 11.6. The van der Waals surface area contributed by atoms with Crippen LogP contribution in [0.25, 0.3) is 0 Å². The van der Waals surface area contributed by atoms with Crippen LogP contribution in [0.2, 0.25) is 0 Å². The number of hydrogen-bond acceptors (Lipinski definition) is 8. The zero-order valence-corrected chi connectivity index (χ0v) is 12.6. The fourth-order valence-electron chi connectivity index (χ4n) is 1.68. The van der Waals surface area contributed by atoms with E-state index in [9.17, 15) is 9.90 Å². The fourth-order valence-corrected chi connectivity index (χ4v) is 1.68. The van der Waals surface area contributed by atoms with Crippen molar-refractivity contribution in [2.45, 2.75) is 19.8 Å². The highest BCUT2D eigenvalue weighted by molar-refractivity contribution is 5.76. The lowest BCUT2D eigenvalue weighted by atomic mass is 10.3. The van der Waals surface area contributed by atoms with Crippen LogP contribution in [-0.2, 0) is 4.79 Å². The smallest absolute Gasteiger partial charge is 0.311 e. The summed E-state index contributed by atoms with van der Waals surface area (Å²) in [5.41, 5.74) is 12.2. The molecule has 23 heavy (non-hydrogen) atoms. The second-order valence-electron chi connectivity index (χ2n) is 4.72. The van der Waals surface area contributed by atoms with Crippen molar-refractivity contribution in [3.63, 3.8) is 0 Å². The number of aromatic hydroxyl groups is 1. The Bertz CT molecular complexity index is 729. The van der Waals surface area contributed by atoms with E-state index in [0.717, 1.165) is 0 Å². The molecule has 1 aromatic carbocycles. The van der Waals surface area contributed by atoms with Gasteiger partial charge in [-0.3, -0.25) is 4.79 Å². The molecule has 0 radical (unpaired) electrons. The van der Waals surface area contributed by atoms with Gasteiger partial charge in [0.15, 0.2) is 17.4 Å². The number of phenolic OH excluding ortho intramolecular Hbond substituents is 1. The second kappa shape index (κ2) is 7.21. The normalized spacial score (nSPS) is 10.8. The SMILES string of the molecule is CCCC(=O)Oc1cc(/N=N/c2ccc(O)cc2)c(N)nc1N. The van der Waals surface area contributed by atoms with Crippen molar-refractivity contribution in [3.8, 4) is 11.5 Å². The Kier molecular flexibility index (Phi) is 5.08. The number of carbonyl (C=O) groups is 1. The Hall–Kier alpha value is -3.16. The minimum atomic E-state index is -0.410. The molecule has 0 bridgehead atoms.